The molecule has 1 saturated carbocycles. The largest absolute Gasteiger partial charge is 0.481 e. The lowest BCUT2D eigenvalue weighted by Crippen LogP contribution is -2.46. The predicted octanol–water partition coefficient (Wildman–Crippen LogP) is 3.77. The van der Waals surface area contributed by atoms with Crippen LogP contribution in [0, 0.1) is 5.92 Å². The van der Waals surface area contributed by atoms with Gasteiger partial charge in [-0.3, -0.25) is 9.59 Å². The highest BCUT2D eigenvalue weighted by Gasteiger charge is 2.47. The molecule has 0 bridgehead atoms. The summed E-state index contributed by atoms with van der Waals surface area (Å²) in [5.74, 6) is -1.48. The molecule has 5 rings (SSSR count). The van der Waals surface area contributed by atoms with Crippen molar-refractivity contribution in [2.75, 3.05) is 19.7 Å². The summed E-state index contributed by atoms with van der Waals surface area (Å²) in [6.45, 7) is 1.05. The third kappa shape index (κ3) is 4.32. The van der Waals surface area contributed by atoms with Crippen LogP contribution < -0.4 is 5.32 Å². The number of fused-ring (bicyclic) bond motifs is 3. The summed E-state index contributed by atoms with van der Waals surface area (Å²) in [6.07, 6.45) is 2.41. The summed E-state index contributed by atoms with van der Waals surface area (Å²) in [7, 11) is 0. The van der Waals surface area contributed by atoms with E-state index in [1.165, 1.54) is 11.1 Å². The molecule has 2 N–H and O–H groups in total. The number of carbonyl (C=O) groups is 3. The maximum absolute atomic E-state index is 12.8. The molecular formula is C26H28N2O5. The van der Waals surface area contributed by atoms with E-state index in [-0.39, 0.29) is 31.4 Å². The lowest BCUT2D eigenvalue weighted by molar-refractivity contribution is -0.145. The van der Waals surface area contributed by atoms with Gasteiger partial charge in [0.15, 0.2) is 0 Å². The zero-order valence-corrected chi connectivity index (χ0v) is 18.5. The Morgan fingerprint density at radius 1 is 1.03 bits per heavy atom. The molecule has 1 atom stereocenters. The van der Waals surface area contributed by atoms with E-state index in [4.69, 9.17) is 4.74 Å². The fourth-order valence-corrected chi connectivity index (χ4v) is 5.15. The van der Waals surface area contributed by atoms with Gasteiger partial charge in [0, 0.05) is 19.0 Å². The van der Waals surface area contributed by atoms with Gasteiger partial charge in [0.2, 0.25) is 5.91 Å². The second-order valence-electron chi connectivity index (χ2n) is 9.42. The average Bonchev–Trinajstić information content (AvgIpc) is 3.50. The van der Waals surface area contributed by atoms with Gasteiger partial charge in [-0.05, 0) is 47.9 Å². The molecule has 0 unspecified atom stereocenters. The Morgan fingerprint density at radius 2 is 1.67 bits per heavy atom. The van der Waals surface area contributed by atoms with E-state index in [1.807, 2.05) is 24.3 Å². The third-order valence-corrected chi connectivity index (χ3v) is 7.18. The summed E-state index contributed by atoms with van der Waals surface area (Å²) in [6, 6.07) is 16.4. The van der Waals surface area contributed by atoms with Gasteiger partial charge in [0.1, 0.15) is 6.61 Å². The quantitative estimate of drug-likeness (QED) is 0.701. The smallest absolute Gasteiger partial charge is 0.407 e. The van der Waals surface area contributed by atoms with Gasteiger partial charge in [0.05, 0.1) is 17.9 Å². The molecule has 1 saturated heterocycles. The van der Waals surface area contributed by atoms with Gasteiger partial charge in [-0.25, -0.2) is 4.79 Å². The van der Waals surface area contributed by atoms with Crippen LogP contribution in [-0.2, 0) is 14.3 Å². The second kappa shape index (κ2) is 8.54. The maximum Gasteiger partial charge on any atom is 0.407 e. The van der Waals surface area contributed by atoms with E-state index in [0.29, 0.717) is 19.4 Å². The van der Waals surface area contributed by atoms with E-state index in [2.05, 4.69) is 29.6 Å². The Balaban J connectivity index is 1.18. The molecule has 2 fully saturated rings. The first-order valence-electron chi connectivity index (χ1n) is 11.6. The number of ether oxygens (including phenoxy) is 1. The first-order chi connectivity index (χ1) is 16.0. The molecule has 2 aromatic rings. The standard InChI is InChI=1S/C26H28N2O5/c29-23(28-13-5-6-17(15-28)24(30)31)14-26(11-12-26)27-25(32)33-16-22-20-9-3-1-7-18(20)19-8-2-4-10-21(19)22/h1-4,7-10,17,22H,5-6,11-16H2,(H,27,32)(H,30,31)/t17-/m1/s1. The minimum atomic E-state index is -0.856. The lowest BCUT2D eigenvalue weighted by atomic mass is 9.97. The maximum atomic E-state index is 12.8. The lowest BCUT2D eigenvalue weighted by Gasteiger charge is -2.32. The number of amides is 2. The van der Waals surface area contributed by atoms with Crippen molar-refractivity contribution < 1.29 is 24.2 Å². The van der Waals surface area contributed by atoms with Crippen LogP contribution in [0.15, 0.2) is 48.5 Å². The van der Waals surface area contributed by atoms with Crippen LogP contribution in [0.25, 0.3) is 11.1 Å². The molecule has 0 aromatic heterocycles. The number of carbonyl (C=O) groups excluding carboxylic acids is 2. The molecule has 0 radical (unpaired) electrons. The number of likely N-dealkylation sites (tertiary alicyclic amines) is 1. The van der Waals surface area contributed by atoms with Crippen molar-refractivity contribution in [3.05, 3.63) is 59.7 Å². The van der Waals surface area contributed by atoms with Gasteiger partial charge < -0.3 is 20.1 Å². The van der Waals surface area contributed by atoms with Gasteiger partial charge in [0.25, 0.3) is 0 Å². The number of piperidine rings is 1. The van der Waals surface area contributed by atoms with Crippen LogP contribution in [0.4, 0.5) is 4.79 Å². The number of alkyl carbamates (subject to hydrolysis) is 1. The number of carboxylic acids is 1. The monoisotopic (exact) mass is 448 g/mol. The zero-order chi connectivity index (χ0) is 23.0. The number of nitrogens with one attached hydrogen (secondary N) is 1. The first-order valence-corrected chi connectivity index (χ1v) is 11.6. The minimum absolute atomic E-state index is 0.0127. The topological polar surface area (TPSA) is 95.9 Å². The van der Waals surface area contributed by atoms with E-state index in [9.17, 15) is 19.5 Å². The van der Waals surface area contributed by atoms with Crippen LogP contribution in [-0.4, -0.2) is 53.2 Å². The molecule has 0 spiro atoms. The summed E-state index contributed by atoms with van der Waals surface area (Å²) in [5.41, 5.74) is 4.08. The molecule has 2 aliphatic carbocycles. The minimum Gasteiger partial charge on any atom is -0.481 e. The van der Waals surface area contributed by atoms with E-state index in [0.717, 1.165) is 24.0 Å². The molecule has 1 heterocycles. The molecule has 3 aliphatic rings. The highest BCUT2D eigenvalue weighted by molar-refractivity contribution is 5.81. The number of benzene rings is 2. The van der Waals surface area contributed by atoms with Gasteiger partial charge in [-0.2, -0.15) is 0 Å². The zero-order valence-electron chi connectivity index (χ0n) is 18.5. The Labute approximate surface area is 192 Å². The van der Waals surface area contributed by atoms with E-state index >= 15 is 0 Å². The Hall–Kier alpha value is -3.35. The molecule has 7 heteroatoms. The van der Waals surface area contributed by atoms with Crippen molar-refractivity contribution in [3.63, 3.8) is 0 Å². The highest BCUT2D eigenvalue weighted by Crippen LogP contribution is 2.45. The SMILES string of the molecule is O=C(NC1(CC(=O)N2CCC[C@@H](C(=O)O)C2)CC1)OCC1c2ccccc2-c2ccccc21. The number of hydrogen-bond acceptors (Lipinski definition) is 4. The van der Waals surface area contributed by atoms with E-state index < -0.39 is 23.5 Å². The Morgan fingerprint density at radius 3 is 2.27 bits per heavy atom. The molecule has 172 valence electrons. The normalized spacial score (nSPS) is 20.5. The number of rotatable bonds is 6. The predicted molar refractivity (Wildman–Crippen MR) is 122 cm³/mol. The molecule has 1 aliphatic heterocycles. The van der Waals surface area contributed by atoms with Crippen LogP contribution in [0.3, 0.4) is 0 Å². The molecule has 33 heavy (non-hydrogen) atoms. The van der Waals surface area contributed by atoms with Gasteiger partial charge >= 0.3 is 12.1 Å². The van der Waals surface area contributed by atoms with Crippen molar-refractivity contribution in [2.24, 2.45) is 5.92 Å². The summed E-state index contributed by atoms with van der Waals surface area (Å²) >= 11 is 0. The summed E-state index contributed by atoms with van der Waals surface area (Å²) in [5, 5.41) is 12.2. The number of nitrogens with zero attached hydrogens (tertiary/aromatic N) is 1. The van der Waals surface area contributed by atoms with Gasteiger partial charge in [-0.15, -0.1) is 0 Å². The van der Waals surface area contributed by atoms with Crippen molar-refractivity contribution in [2.45, 2.75) is 43.6 Å². The van der Waals surface area contributed by atoms with Crippen molar-refractivity contribution in [1.29, 1.82) is 0 Å². The van der Waals surface area contributed by atoms with Crippen LogP contribution in [0.2, 0.25) is 0 Å². The van der Waals surface area contributed by atoms with E-state index in [1.54, 1.807) is 4.90 Å². The first kappa shape index (κ1) is 21.5. The van der Waals surface area contributed by atoms with Crippen LogP contribution in [0.1, 0.15) is 49.1 Å². The molecule has 2 aromatic carbocycles. The highest BCUT2D eigenvalue weighted by atomic mass is 16.5. The summed E-state index contributed by atoms with van der Waals surface area (Å²) in [4.78, 5) is 38.3. The van der Waals surface area contributed by atoms with Crippen molar-refractivity contribution in [1.82, 2.24) is 10.2 Å². The van der Waals surface area contributed by atoms with Crippen molar-refractivity contribution >= 4 is 18.0 Å². The Kier molecular flexibility index (Phi) is 5.56. The molecular weight excluding hydrogens is 420 g/mol. The molecule has 7 nitrogen and oxygen atoms in total. The van der Waals surface area contributed by atoms with Crippen LogP contribution >= 0.6 is 0 Å². The fourth-order valence-electron chi connectivity index (χ4n) is 5.15. The fraction of sp³-hybridized carbons (Fsp3) is 0.423. The van der Waals surface area contributed by atoms with Gasteiger partial charge in [-0.1, -0.05) is 48.5 Å². The Bertz CT molecular complexity index is 1050. The number of aliphatic carboxylic acids is 1. The second-order valence-corrected chi connectivity index (χ2v) is 9.42. The third-order valence-electron chi connectivity index (χ3n) is 7.18. The number of hydrogen-bond donors (Lipinski definition) is 2. The average molecular weight is 449 g/mol. The van der Waals surface area contributed by atoms with Crippen LogP contribution in [0.5, 0.6) is 0 Å². The van der Waals surface area contributed by atoms with Crippen molar-refractivity contribution in [3.8, 4) is 11.1 Å². The summed E-state index contributed by atoms with van der Waals surface area (Å²) < 4.78 is 5.64. The molecule has 2 amide bonds. The number of carboxylic acid groups (broad SMARTS) is 1.